The highest BCUT2D eigenvalue weighted by Gasteiger charge is 2.52. The average molecular weight is 442 g/mol. The zero-order valence-corrected chi connectivity index (χ0v) is 18.7. The average Bonchev–Trinajstić information content (AvgIpc) is 3.11. The van der Waals surface area contributed by atoms with E-state index < -0.39 is 18.9 Å². The van der Waals surface area contributed by atoms with E-state index in [1.165, 1.54) is 11.3 Å². The summed E-state index contributed by atoms with van der Waals surface area (Å²) in [5.74, 6) is 0. The van der Waals surface area contributed by atoms with Gasteiger partial charge in [0.2, 0.25) is 0 Å². The van der Waals surface area contributed by atoms with Gasteiger partial charge in [-0.15, -0.1) is 0 Å². The second-order valence-electron chi connectivity index (χ2n) is 6.56. The molecule has 0 radical (unpaired) electrons. The summed E-state index contributed by atoms with van der Waals surface area (Å²) >= 11 is 6.50. The molecule has 28 heavy (non-hydrogen) atoms. The molecule has 0 bridgehead atoms. The van der Waals surface area contributed by atoms with Crippen LogP contribution < -0.4 is 5.73 Å². The SMILES string of the molecule is CCOP(=O)(OCC)C(C(N)=S)C(C)(O)c1sc2nc3ccccc3n2c1C. The van der Waals surface area contributed by atoms with Crippen molar-refractivity contribution in [3.63, 3.8) is 0 Å². The van der Waals surface area contributed by atoms with Crippen LogP contribution in [0.4, 0.5) is 0 Å². The molecule has 3 N–H and O–H groups in total. The zero-order valence-electron chi connectivity index (χ0n) is 16.2. The van der Waals surface area contributed by atoms with Gasteiger partial charge in [0, 0.05) is 5.69 Å². The molecule has 2 atom stereocenters. The molecule has 2 aromatic heterocycles. The Morgan fingerprint density at radius 1 is 1.39 bits per heavy atom. The van der Waals surface area contributed by atoms with E-state index in [-0.39, 0.29) is 18.2 Å². The van der Waals surface area contributed by atoms with Crippen LogP contribution in [0.25, 0.3) is 16.0 Å². The molecule has 0 aliphatic heterocycles. The third-order valence-electron chi connectivity index (χ3n) is 4.58. The molecule has 10 heteroatoms. The van der Waals surface area contributed by atoms with Crippen molar-refractivity contribution < 1.29 is 18.7 Å². The number of rotatable bonds is 8. The first-order chi connectivity index (χ1) is 13.2. The first kappa shape index (κ1) is 21.4. The third kappa shape index (κ3) is 3.40. The molecular weight excluding hydrogens is 417 g/mol. The maximum atomic E-state index is 13.5. The lowest BCUT2D eigenvalue weighted by Crippen LogP contribution is -2.45. The number of thiocarbonyl (C=S) groups is 1. The molecule has 0 saturated heterocycles. The van der Waals surface area contributed by atoms with Crippen molar-refractivity contribution in [3.05, 3.63) is 34.8 Å². The third-order valence-corrected chi connectivity index (χ3v) is 9.01. The van der Waals surface area contributed by atoms with Crippen LogP contribution in [0, 0.1) is 6.92 Å². The summed E-state index contributed by atoms with van der Waals surface area (Å²) in [4.78, 5) is 5.79. The number of hydrogen-bond donors (Lipinski definition) is 2. The van der Waals surface area contributed by atoms with Gasteiger partial charge >= 0.3 is 7.60 Å². The van der Waals surface area contributed by atoms with Crippen LogP contribution in [-0.2, 0) is 19.2 Å². The number of hydrogen-bond acceptors (Lipinski definition) is 7. The number of aryl methyl sites for hydroxylation is 1. The predicted octanol–water partition coefficient (Wildman–Crippen LogP) is 3.99. The molecule has 1 aromatic carbocycles. The Hall–Kier alpha value is -1.35. The fourth-order valence-corrected chi connectivity index (χ4v) is 7.61. The molecule has 0 saturated carbocycles. The first-order valence-corrected chi connectivity index (χ1v) is 11.8. The number of imidazole rings is 1. The van der Waals surface area contributed by atoms with Crippen LogP contribution in [0.5, 0.6) is 0 Å². The standard InChI is InChI=1S/C18H24N3O4PS2/c1-5-24-26(23,25-6-2)14(16(19)27)18(4,22)15-11(3)21-13-10-8-7-9-12(13)20-17(21)28-15/h7-10,14,22H,5-6H2,1-4H3,(H2,19,27). The van der Waals surface area contributed by atoms with Crippen molar-refractivity contribution in [3.8, 4) is 0 Å². The summed E-state index contributed by atoms with van der Waals surface area (Å²) in [5, 5.41) is 11.5. The van der Waals surface area contributed by atoms with Crippen LogP contribution in [0.2, 0.25) is 0 Å². The number of aromatic nitrogens is 2. The van der Waals surface area contributed by atoms with Gasteiger partial charge in [-0.1, -0.05) is 35.7 Å². The Morgan fingerprint density at radius 2 is 2.00 bits per heavy atom. The molecule has 2 unspecified atom stereocenters. The number of aliphatic hydroxyl groups is 1. The van der Waals surface area contributed by atoms with Crippen molar-refractivity contribution in [1.82, 2.24) is 9.38 Å². The molecule has 0 spiro atoms. The van der Waals surface area contributed by atoms with E-state index >= 15 is 0 Å². The monoisotopic (exact) mass is 441 g/mol. The van der Waals surface area contributed by atoms with Crippen LogP contribution >= 0.6 is 31.2 Å². The molecule has 0 aliphatic rings. The largest absolute Gasteiger partial charge is 0.392 e. The van der Waals surface area contributed by atoms with Gasteiger partial charge in [0.15, 0.2) is 4.96 Å². The molecule has 3 rings (SSSR count). The fourth-order valence-electron chi connectivity index (χ4n) is 3.54. The summed E-state index contributed by atoms with van der Waals surface area (Å²) in [6.45, 7) is 7.11. The van der Waals surface area contributed by atoms with Gasteiger partial charge in [0.25, 0.3) is 0 Å². The quantitative estimate of drug-likeness (QED) is 0.403. The van der Waals surface area contributed by atoms with E-state index in [0.29, 0.717) is 4.88 Å². The van der Waals surface area contributed by atoms with E-state index in [1.807, 2.05) is 35.6 Å². The van der Waals surface area contributed by atoms with Gasteiger partial charge in [-0.2, -0.15) is 0 Å². The highest BCUT2D eigenvalue weighted by Crippen LogP contribution is 2.59. The Bertz CT molecular complexity index is 1070. The van der Waals surface area contributed by atoms with Gasteiger partial charge < -0.3 is 19.9 Å². The molecule has 7 nitrogen and oxygen atoms in total. The number of nitrogens with zero attached hydrogens (tertiary/aromatic N) is 2. The van der Waals surface area contributed by atoms with Crippen molar-refractivity contribution in [2.45, 2.75) is 39.0 Å². The number of thiazole rings is 1. The lowest BCUT2D eigenvalue weighted by atomic mass is 9.98. The van der Waals surface area contributed by atoms with Gasteiger partial charge in [0.1, 0.15) is 11.3 Å². The summed E-state index contributed by atoms with van der Waals surface area (Å²) in [6.07, 6.45) is 0. The molecule has 0 aliphatic carbocycles. The van der Waals surface area contributed by atoms with Crippen molar-refractivity contribution in [2.75, 3.05) is 13.2 Å². The number of fused-ring (bicyclic) bond motifs is 3. The summed E-state index contributed by atoms with van der Waals surface area (Å²) < 4.78 is 26.3. The maximum absolute atomic E-state index is 13.5. The summed E-state index contributed by atoms with van der Waals surface area (Å²) in [5.41, 5.74) is 5.65. The van der Waals surface area contributed by atoms with Crippen LogP contribution in [0.15, 0.2) is 24.3 Å². The fraction of sp³-hybridized carbons (Fsp3) is 0.444. The molecule has 152 valence electrons. The zero-order chi connectivity index (χ0) is 20.7. The van der Waals surface area contributed by atoms with Crippen LogP contribution in [0.1, 0.15) is 31.3 Å². The van der Waals surface area contributed by atoms with Crippen molar-refractivity contribution in [2.24, 2.45) is 5.73 Å². The van der Waals surface area contributed by atoms with Gasteiger partial charge in [-0.25, -0.2) is 4.98 Å². The maximum Gasteiger partial charge on any atom is 0.343 e. The Labute approximate surface area is 173 Å². The van der Waals surface area contributed by atoms with Gasteiger partial charge in [-0.3, -0.25) is 8.97 Å². The Morgan fingerprint density at radius 3 is 2.57 bits per heavy atom. The van der Waals surface area contributed by atoms with E-state index in [1.54, 1.807) is 20.8 Å². The van der Waals surface area contributed by atoms with E-state index in [9.17, 15) is 9.67 Å². The second-order valence-corrected chi connectivity index (χ2v) is 10.1. The molecular formula is C18H24N3O4PS2. The molecule has 0 amide bonds. The number of nitrogens with two attached hydrogens (primary N) is 1. The van der Waals surface area contributed by atoms with Gasteiger partial charge in [0.05, 0.1) is 34.1 Å². The minimum atomic E-state index is -3.80. The Balaban J connectivity index is 2.20. The highest BCUT2D eigenvalue weighted by atomic mass is 32.1. The summed E-state index contributed by atoms with van der Waals surface area (Å²) in [6, 6.07) is 7.75. The van der Waals surface area contributed by atoms with E-state index in [0.717, 1.165) is 21.7 Å². The van der Waals surface area contributed by atoms with E-state index in [4.69, 9.17) is 27.0 Å². The lowest BCUT2D eigenvalue weighted by Gasteiger charge is -2.35. The topological polar surface area (TPSA) is 99.1 Å². The number of benzene rings is 1. The summed E-state index contributed by atoms with van der Waals surface area (Å²) in [7, 11) is -3.80. The van der Waals surface area contributed by atoms with Crippen molar-refractivity contribution >= 4 is 52.1 Å². The predicted molar refractivity (Wildman–Crippen MR) is 116 cm³/mol. The molecule has 0 fully saturated rings. The highest BCUT2D eigenvalue weighted by molar-refractivity contribution is 7.81. The van der Waals surface area contributed by atoms with E-state index in [2.05, 4.69) is 4.98 Å². The minimum Gasteiger partial charge on any atom is -0.392 e. The molecule has 2 heterocycles. The van der Waals surface area contributed by atoms with Crippen LogP contribution in [-0.4, -0.2) is 38.4 Å². The first-order valence-electron chi connectivity index (χ1n) is 8.94. The number of para-hydroxylation sites is 2. The second kappa shape index (κ2) is 7.82. The van der Waals surface area contributed by atoms with Gasteiger partial charge in [-0.05, 0) is 39.8 Å². The minimum absolute atomic E-state index is 0.120. The molecule has 3 aromatic rings. The van der Waals surface area contributed by atoms with Crippen molar-refractivity contribution in [1.29, 1.82) is 0 Å². The lowest BCUT2D eigenvalue weighted by molar-refractivity contribution is 0.0593. The van der Waals surface area contributed by atoms with Crippen LogP contribution in [0.3, 0.4) is 0 Å². The smallest absolute Gasteiger partial charge is 0.343 e. The Kier molecular flexibility index (Phi) is 5.96. The normalized spacial score (nSPS) is 15.8.